The van der Waals surface area contributed by atoms with Gasteiger partial charge in [-0.3, -0.25) is 9.88 Å². The molecule has 1 N–H and O–H groups in total. The fraction of sp³-hybridized carbons (Fsp3) is 0.143. The molecule has 33 heavy (non-hydrogen) atoms. The highest BCUT2D eigenvalue weighted by Gasteiger charge is 2.48. The number of rotatable bonds is 5. The fourth-order valence-corrected chi connectivity index (χ4v) is 7.01. The second-order valence-corrected chi connectivity index (χ2v) is 10.5. The highest BCUT2D eigenvalue weighted by molar-refractivity contribution is 7.67. The number of ether oxygens (including phenoxy) is 1. The van der Waals surface area contributed by atoms with Gasteiger partial charge in [0.2, 0.25) is 0 Å². The lowest BCUT2D eigenvalue weighted by Crippen LogP contribution is -2.39. The molecule has 4 nitrogen and oxygen atoms in total. The van der Waals surface area contributed by atoms with Gasteiger partial charge in [0, 0.05) is 5.30 Å². The van der Waals surface area contributed by atoms with Crippen LogP contribution in [-0.4, -0.2) is 7.11 Å². The third kappa shape index (κ3) is 4.26. The Morgan fingerprint density at radius 2 is 1.21 bits per heavy atom. The van der Waals surface area contributed by atoms with Crippen molar-refractivity contribution in [1.82, 2.24) is 5.32 Å². The molecule has 0 radical (unpaired) electrons. The van der Waals surface area contributed by atoms with Crippen molar-refractivity contribution in [3.8, 4) is 5.75 Å². The van der Waals surface area contributed by atoms with Crippen LogP contribution in [0.1, 0.15) is 34.6 Å². The molecule has 5 heteroatoms. The van der Waals surface area contributed by atoms with Crippen molar-refractivity contribution in [3.63, 3.8) is 0 Å². The summed E-state index contributed by atoms with van der Waals surface area (Å²) >= 11 is 0. The first-order chi connectivity index (χ1) is 16.2. The zero-order valence-electron chi connectivity index (χ0n) is 18.4. The van der Waals surface area contributed by atoms with Gasteiger partial charge in [0.15, 0.2) is 0 Å². The van der Waals surface area contributed by atoms with Crippen LogP contribution in [0.2, 0.25) is 0 Å². The van der Waals surface area contributed by atoms with Crippen LogP contribution < -0.4 is 15.4 Å². The lowest BCUT2D eigenvalue weighted by molar-refractivity contribution is 0.127. The second-order valence-electron chi connectivity index (χ2n) is 8.10. The first-order valence-corrected chi connectivity index (χ1v) is 12.7. The summed E-state index contributed by atoms with van der Waals surface area (Å²) in [5.41, 5.74) is 3.01. The molecular formula is C28H26NO3P. The number of hydrogen-bond donors (Lipinski definition) is 1. The van der Waals surface area contributed by atoms with E-state index >= 15 is 0 Å². The topological polar surface area (TPSA) is 47.6 Å². The number of nitrogens with one attached hydrogen (secondary N) is 1. The van der Waals surface area contributed by atoms with Gasteiger partial charge in [0.1, 0.15) is 17.6 Å². The number of hydrogen-bond acceptors (Lipinski definition) is 4. The minimum absolute atomic E-state index is 0.167. The number of benzene rings is 4. The monoisotopic (exact) mass is 455 g/mol. The van der Waals surface area contributed by atoms with Crippen LogP contribution in [0.25, 0.3) is 0 Å². The van der Waals surface area contributed by atoms with E-state index in [0.717, 1.165) is 16.7 Å². The first kappa shape index (κ1) is 21.7. The molecule has 4 atom stereocenters. The largest absolute Gasteiger partial charge is 0.497 e. The summed E-state index contributed by atoms with van der Waals surface area (Å²) in [5, 5.41) is 4.40. The predicted octanol–water partition coefficient (Wildman–Crippen LogP) is 6.40. The van der Waals surface area contributed by atoms with Gasteiger partial charge >= 0.3 is 0 Å². The summed E-state index contributed by atoms with van der Waals surface area (Å²) in [4.78, 5) is 0. The lowest BCUT2D eigenvalue weighted by Gasteiger charge is -2.43. The van der Waals surface area contributed by atoms with Gasteiger partial charge in [-0.05, 0) is 41.0 Å². The molecular weight excluding hydrogens is 429 g/mol. The maximum Gasteiger partial charge on any atom is 0.253 e. The molecule has 1 saturated heterocycles. The summed E-state index contributed by atoms with van der Waals surface area (Å²) in [6, 6.07) is 37.3. The minimum atomic E-state index is -3.37. The Bertz CT molecular complexity index is 1230. The SMILES string of the molecule is COc1ccc(P2(=O)O[C@@H](c3ccccc3)[C@@H](c3ccccc3)N[C@H]2c2ccccc2)cc1. The Morgan fingerprint density at radius 1 is 0.697 bits per heavy atom. The van der Waals surface area contributed by atoms with Crippen LogP contribution in [0.15, 0.2) is 115 Å². The third-order valence-electron chi connectivity index (χ3n) is 6.08. The standard InChI is InChI=1S/C28H26NO3P/c1-31-24-17-19-25(20-18-24)33(30)28(23-15-9-4-10-16-23)29-26(21-11-5-2-6-12-21)27(32-33)22-13-7-3-8-14-22/h2-20,26-29H,1H3/t26-,27+,28-,33?/m1/s1. The molecule has 4 aromatic carbocycles. The molecule has 0 aromatic heterocycles. The molecule has 0 saturated carbocycles. The molecule has 1 aliphatic heterocycles. The van der Waals surface area contributed by atoms with Crippen molar-refractivity contribution < 1.29 is 13.8 Å². The van der Waals surface area contributed by atoms with Gasteiger partial charge in [0.25, 0.3) is 7.37 Å². The van der Waals surface area contributed by atoms with E-state index in [-0.39, 0.29) is 6.04 Å². The van der Waals surface area contributed by atoms with E-state index in [4.69, 9.17) is 9.26 Å². The third-order valence-corrected chi connectivity index (χ3v) is 8.77. The maximum absolute atomic E-state index is 14.8. The minimum Gasteiger partial charge on any atom is -0.497 e. The summed E-state index contributed by atoms with van der Waals surface area (Å²) in [6.45, 7) is 0. The lowest BCUT2D eigenvalue weighted by atomic mass is 9.95. The molecule has 0 aliphatic carbocycles. The summed E-state index contributed by atoms with van der Waals surface area (Å²) in [5.74, 6) is 0.227. The highest BCUT2D eigenvalue weighted by atomic mass is 31.2. The van der Waals surface area contributed by atoms with Crippen LogP contribution in [-0.2, 0) is 9.09 Å². The van der Waals surface area contributed by atoms with E-state index in [1.807, 2.05) is 103 Å². The van der Waals surface area contributed by atoms with Gasteiger partial charge in [-0.1, -0.05) is 91.0 Å². The summed E-state index contributed by atoms with van der Waals surface area (Å²) < 4.78 is 26.8. The van der Waals surface area contributed by atoms with Gasteiger partial charge < -0.3 is 9.26 Å². The predicted molar refractivity (Wildman–Crippen MR) is 132 cm³/mol. The summed E-state index contributed by atoms with van der Waals surface area (Å²) in [7, 11) is -1.75. The molecule has 4 aromatic rings. The van der Waals surface area contributed by atoms with Crippen molar-refractivity contribution in [2.24, 2.45) is 0 Å². The average Bonchev–Trinajstić information content (AvgIpc) is 2.90. The zero-order chi connectivity index (χ0) is 22.7. The van der Waals surface area contributed by atoms with Crippen molar-refractivity contribution in [3.05, 3.63) is 132 Å². The van der Waals surface area contributed by atoms with Crippen LogP contribution in [0.4, 0.5) is 0 Å². The molecule has 1 aliphatic rings. The van der Waals surface area contributed by atoms with E-state index in [9.17, 15) is 4.57 Å². The average molecular weight is 455 g/mol. The van der Waals surface area contributed by atoms with E-state index in [0.29, 0.717) is 11.1 Å². The van der Waals surface area contributed by atoms with Crippen LogP contribution in [0.3, 0.4) is 0 Å². The second kappa shape index (κ2) is 9.36. The van der Waals surface area contributed by atoms with Crippen LogP contribution in [0, 0.1) is 0 Å². The van der Waals surface area contributed by atoms with Gasteiger partial charge in [-0.2, -0.15) is 0 Å². The highest BCUT2D eigenvalue weighted by Crippen LogP contribution is 2.65. The Morgan fingerprint density at radius 3 is 1.76 bits per heavy atom. The molecule has 1 unspecified atom stereocenters. The molecule has 5 rings (SSSR count). The molecule has 0 amide bonds. The molecule has 1 heterocycles. The van der Waals surface area contributed by atoms with Gasteiger partial charge in [0.05, 0.1) is 13.2 Å². The first-order valence-electron chi connectivity index (χ1n) is 11.0. The van der Waals surface area contributed by atoms with E-state index < -0.39 is 19.3 Å². The molecule has 166 valence electrons. The van der Waals surface area contributed by atoms with Crippen LogP contribution in [0.5, 0.6) is 5.75 Å². The van der Waals surface area contributed by atoms with E-state index in [1.165, 1.54) is 0 Å². The van der Waals surface area contributed by atoms with Crippen LogP contribution >= 0.6 is 7.37 Å². The van der Waals surface area contributed by atoms with Gasteiger partial charge in [-0.25, -0.2) is 0 Å². The van der Waals surface area contributed by atoms with Crippen molar-refractivity contribution in [1.29, 1.82) is 0 Å². The zero-order valence-corrected chi connectivity index (χ0v) is 19.3. The Balaban J connectivity index is 1.66. The maximum atomic E-state index is 14.8. The number of methoxy groups -OCH3 is 1. The smallest absolute Gasteiger partial charge is 0.253 e. The Labute approximate surface area is 194 Å². The fourth-order valence-electron chi connectivity index (χ4n) is 4.40. The quantitative estimate of drug-likeness (QED) is 0.354. The van der Waals surface area contributed by atoms with E-state index in [1.54, 1.807) is 7.11 Å². The Kier molecular flexibility index (Phi) is 6.15. The molecule has 0 bridgehead atoms. The molecule has 1 fully saturated rings. The molecule has 0 spiro atoms. The van der Waals surface area contributed by atoms with Crippen molar-refractivity contribution >= 4 is 12.7 Å². The summed E-state index contributed by atoms with van der Waals surface area (Å²) in [6.07, 6.45) is -0.415. The van der Waals surface area contributed by atoms with Crippen molar-refractivity contribution in [2.45, 2.75) is 17.9 Å². The normalized spacial score (nSPS) is 24.8. The van der Waals surface area contributed by atoms with Crippen molar-refractivity contribution in [2.75, 3.05) is 7.11 Å². The Hall–Kier alpha value is -3.17. The van der Waals surface area contributed by atoms with E-state index in [2.05, 4.69) is 17.4 Å². The van der Waals surface area contributed by atoms with Gasteiger partial charge in [-0.15, -0.1) is 0 Å².